The number of rotatable bonds is 6. The number of aryl methyl sites for hydroxylation is 1. The van der Waals surface area contributed by atoms with Gasteiger partial charge in [-0.05, 0) is 37.1 Å². The molecule has 0 amide bonds. The lowest BCUT2D eigenvalue weighted by molar-refractivity contribution is 0.463. The molecule has 1 aromatic carbocycles. The van der Waals surface area contributed by atoms with Crippen LogP contribution in [0.1, 0.15) is 25.8 Å². The number of halogens is 2. The van der Waals surface area contributed by atoms with E-state index in [4.69, 9.17) is 27.9 Å². The minimum Gasteiger partial charge on any atom is -0.437 e. The first kappa shape index (κ1) is 15.9. The predicted octanol–water partition coefficient (Wildman–Crippen LogP) is 5.57. The van der Waals surface area contributed by atoms with Crippen molar-refractivity contribution in [3.05, 3.63) is 45.9 Å². The summed E-state index contributed by atoms with van der Waals surface area (Å²) in [6, 6.07) is 9.58. The Morgan fingerprint density at radius 1 is 1.10 bits per heavy atom. The molecule has 21 heavy (non-hydrogen) atoms. The standard InChI is InChI=1S/C16H18Cl2N2O/c1-3-5-11-6-8-12(9-7-11)21-16-14(18)10-13(17)15(20-16)19-4-2/h6-10H,3-5H2,1-2H3,(H,19,20). The van der Waals surface area contributed by atoms with Gasteiger partial charge in [-0.1, -0.05) is 48.7 Å². The van der Waals surface area contributed by atoms with E-state index in [0.29, 0.717) is 27.5 Å². The van der Waals surface area contributed by atoms with Crippen molar-refractivity contribution in [3.8, 4) is 11.6 Å². The molecule has 0 aliphatic rings. The van der Waals surface area contributed by atoms with Gasteiger partial charge in [-0.15, -0.1) is 0 Å². The molecule has 0 saturated heterocycles. The van der Waals surface area contributed by atoms with Gasteiger partial charge in [0.05, 0.1) is 5.02 Å². The quantitative estimate of drug-likeness (QED) is 0.754. The number of ether oxygens (including phenoxy) is 1. The lowest BCUT2D eigenvalue weighted by atomic mass is 10.1. The Morgan fingerprint density at radius 2 is 1.81 bits per heavy atom. The zero-order valence-corrected chi connectivity index (χ0v) is 13.6. The Hall–Kier alpha value is -1.45. The van der Waals surface area contributed by atoms with Crippen molar-refractivity contribution in [2.45, 2.75) is 26.7 Å². The predicted molar refractivity (Wildman–Crippen MR) is 88.9 cm³/mol. The number of nitrogens with zero attached hydrogens (tertiary/aromatic N) is 1. The number of hydrogen-bond donors (Lipinski definition) is 1. The summed E-state index contributed by atoms with van der Waals surface area (Å²) in [5.74, 6) is 1.62. The van der Waals surface area contributed by atoms with E-state index in [1.165, 1.54) is 5.56 Å². The molecule has 0 aliphatic heterocycles. The molecular formula is C16H18Cl2N2O. The van der Waals surface area contributed by atoms with Gasteiger partial charge in [0.2, 0.25) is 5.88 Å². The van der Waals surface area contributed by atoms with Crippen LogP contribution in [0.5, 0.6) is 11.6 Å². The van der Waals surface area contributed by atoms with E-state index in [-0.39, 0.29) is 0 Å². The molecular weight excluding hydrogens is 307 g/mol. The molecule has 1 aromatic heterocycles. The minimum atomic E-state index is 0.347. The summed E-state index contributed by atoms with van der Waals surface area (Å²) in [4.78, 5) is 4.32. The molecule has 3 nitrogen and oxygen atoms in total. The van der Waals surface area contributed by atoms with E-state index in [2.05, 4.69) is 17.2 Å². The second-order valence-electron chi connectivity index (χ2n) is 4.63. The third-order valence-corrected chi connectivity index (χ3v) is 3.48. The fourth-order valence-corrected chi connectivity index (χ4v) is 2.40. The SMILES string of the molecule is CCCc1ccc(Oc2nc(NCC)c(Cl)cc2Cl)cc1. The van der Waals surface area contributed by atoms with Gasteiger partial charge >= 0.3 is 0 Å². The van der Waals surface area contributed by atoms with Gasteiger partial charge in [-0.2, -0.15) is 4.98 Å². The topological polar surface area (TPSA) is 34.1 Å². The van der Waals surface area contributed by atoms with E-state index in [1.807, 2.05) is 31.2 Å². The van der Waals surface area contributed by atoms with Crippen molar-refractivity contribution in [2.24, 2.45) is 0 Å². The maximum Gasteiger partial charge on any atom is 0.240 e. The third kappa shape index (κ3) is 4.26. The van der Waals surface area contributed by atoms with Crippen molar-refractivity contribution >= 4 is 29.0 Å². The van der Waals surface area contributed by atoms with Gasteiger partial charge in [0, 0.05) is 6.54 Å². The smallest absolute Gasteiger partial charge is 0.240 e. The normalized spacial score (nSPS) is 10.5. The molecule has 1 heterocycles. The maximum absolute atomic E-state index is 6.13. The van der Waals surface area contributed by atoms with Crippen LogP contribution >= 0.6 is 23.2 Å². The molecule has 1 N–H and O–H groups in total. The Balaban J connectivity index is 2.20. The lowest BCUT2D eigenvalue weighted by Crippen LogP contribution is -2.01. The first-order valence-electron chi connectivity index (χ1n) is 7.00. The van der Waals surface area contributed by atoms with Crippen LogP contribution in [0.15, 0.2) is 30.3 Å². The van der Waals surface area contributed by atoms with Crippen molar-refractivity contribution in [1.82, 2.24) is 4.98 Å². The zero-order chi connectivity index (χ0) is 15.2. The van der Waals surface area contributed by atoms with Crippen molar-refractivity contribution in [2.75, 3.05) is 11.9 Å². The van der Waals surface area contributed by atoms with Crippen LogP contribution in [-0.2, 0) is 6.42 Å². The number of anilines is 1. The maximum atomic E-state index is 6.13. The fraction of sp³-hybridized carbons (Fsp3) is 0.312. The van der Waals surface area contributed by atoms with Crippen LogP contribution in [-0.4, -0.2) is 11.5 Å². The Labute approximate surface area is 135 Å². The van der Waals surface area contributed by atoms with E-state index in [0.717, 1.165) is 19.4 Å². The molecule has 0 spiro atoms. The second kappa shape index (κ2) is 7.53. The first-order valence-corrected chi connectivity index (χ1v) is 7.76. The van der Waals surface area contributed by atoms with Gasteiger partial charge < -0.3 is 10.1 Å². The number of pyridine rings is 1. The highest BCUT2D eigenvalue weighted by atomic mass is 35.5. The highest BCUT2D eigenvalue weighted by Gasteiger charge is 2.11. The molecule has 0 radical (unpaired) electrons. The molecule has 0 aliphatic carbocycles. The Bertz CT molecular complexity index is 600. The van der Waals surface area contributed by atoms with Crippen LogP contribution < -0.4 is 10.1 Å². The summed E-state index contributed by atoms with van der Waals surface area (Å²) >= 11 is 12.2. The molecule has 2 rings (SSSR count). The second-order valence-corrected chi connectivity index (χ2v) is 5.45. The molecule has 2 aromatic rings. The van der Waals surface area contributed by atoms with Gasteiger partial charge in [-0.25, -0.2) is 0 Å². The van der Waals surface area contributed by atoms with E-state index < -0.39 is 0 Å². The average Bonchev–Trinajstić information content (AvgIpc) is 2.46. The summed E-state index contributed by atoms with van der Waals surface area (Å²) in [6.45, 7) is 4.85. The number of benzene rings is 1. The lowest BCUT2D eigenvalue weighted by Gasteiger charge is -2.11. The number of aromatic nitrogens is 1. The largest absolute Gasteiger partial charge is 0.437 e. The molecule has 0 fully saturated rings. The summed E-state index contributed by atoms with van der Waals surface area (Å²) < 4.78 is 5.74. The molecule has 0 bridgehead atoms. The Kier molecular flexibility index (Phi) is 5.71. The molecule has 0 unspecified atom stereocenters. The molecule has 0 atom stereocenters. The van der Waals surface area contributed by atoms with Crippen molar-refractivity contribution in [3.63, 3.8) is 0 Å². The average molecular weight is 325 g/mol. The third-order valence-electron chi connectivity index (χ3n) is 2.92. The van der Waals surface area contributed by atoms with Crippen LogP contribution in [0.2, 0.25) is 10.0 Å². The highest BCUT2D eigenvalue weighted by Crippen LogP contribution is 2.33. The summed E-state index contributed by atoms with van der Waals surface area (Å²) in [5, 5.41) is 3.94. The van der Waals surface area contributed by atoms with Gasteiger partial charge in [0.25, 0.3) is 0 Å². The van der Waals surface area contributed by atoms with Crippen molar-refractivity contribution < 1.29 is 4.74 Å². The molecule has 112 valence electrons. The highest BCUT2D eigenvalue weighted by molar-refractivity contribution is 6.36. The zero-order valence-electron chi connectivity index (χ0n) is 12.1. The number of nitrogens with one attached hydrogen (secondary N) is 1. The van der Waals surface area contributed by atoms with E-state index in [9.17, 15) is 0 Å². The van der Waals surface area contributed by atoms with E-state index in [1.54, 1.807) is 6.07 Å². The van der Waals surface area contributed by atoms with Crippen LogP contribution in [0.4, 0.5) is 5.82 Å². The fourth-order valence-electron chi connectivity index (χ4n) is 1.94. The molecule has 0 saturated carbocycles. The molecule has 5 heteroatoms. The number of hydrogen-bond acceptors (Lipinski definition) is 3. The minimum absolute atomic E-state index is 0.347. The first-order chi connectivity index (χ1) is 10.1. The monoisotopic (exact) mass is 324 g/mol. The van der Waals surface area contributed by atoms with Crippen LogP contribution in [0.3, 0.4) is 0 Å². The van der Waals surface area contributed by atoms with Gasteiger partial charge in [-0.3, -0.25) is 0 Å². The Morgan fingerprint density at radius 3 is 2.43 bits per heavy atom. The summed E-state index contributed by atoms with van der Waals surface area (Å²) in [6.07, 6.45) is 2.18. The van der Waals surface area contributed by atoms with Crippen LogP contribution in [0.25, 0.3) is 0 Å². The summed E-state index contributed by atoms with van der Waals surface area (Å²) in [7, 11) is 0. The van der Waals surface area contributed by atoms with Crippen molar-refractivity contribution in [1.29, 1.82) is 0 Å². The van der Waals surface area contributed by atoms with Gasteiger partial charge in [0.1, 0.15) is 16.6 Å². The summed E-state index contributed by atoms with van der Waals surface area (Å²) in [5.41, 5.74) is 1.29. The van der Waals surface area contributed by atoms with Crippen LogP contribution in [0, 0.1) is 0 Å². The van der Waals surface area contributed by atoms with E-state index >= 15 is 0 Å². The van der Waals surface area contributed by atoms with Gasteiger partial charge in [0.15, 0.2) is 0 Å².